The van der Waals surface area contributed by atoms with E-state index in [-0.39, 0.29) is 63.2 Å². The molecule has 1 aliphatic carbocycles. The van der Waals surface area contributed by atoms with E-state index < -0.39 is 66.7 Å². The van der Waals surface area contributed by atoms with Gasteiger partial charge in [0.25, 0.3) is 0 Å². The van der Waals surface area contributed by atoms with Crippen molar-refractivity contribution in [3.8, 4) is 0 Å². The van der Waals surface area contributed by atoms with Crippen LogP contribution in [0, 0.1) is 11.8 Å². The van der Waals surface area contributed by atoms with Crippen molar-refractivity contribution < 1.29 is 43.4 Å². The number of Topliss-reactive ketones (excluding diaryl/α,β-unsaturated/α-hetero) is 1. The van der Waals surface area contributed by atoms with Crippen LogP contribution in [0.4, 0.5) is 0 Å². The molecule has 0 bridgehead atoms. The molecule has 0 aromatic rings. The first-order chi connectivity index (χ1) is 20.8. The maximum Gasteiger partial charge on any atom is 0.323 e. The van der Waals surface area contributed by atoms with Gasteiger partial charge in [0, 0.05) is 26.6 Å². The van der Waals surface area contributed by atoms with Crippen molar-refractivity contribution in [1.29, 1.82) is 0 Å². The number of methoxy groups -OCH3 is 1. The van der Waals surface area contributed by atoms with Crippen molar-refractivity contribution in [3.63, 3.8) is 0 Å². The first kappa shape index (κ1) is 36.6. The normalized spacial score (nSPS) is 17.5. The summed E-state index contributed by atoms with van der Waals surface area (Å²) >= 11 is 0. The molecule has 0 spiro atoms. The fourth-order valence-electron chi connectivity index (χ4n) is 4.95. The number of carbonyl (C=O) groups excluding carboxylic acids is 6. The quantitative estimate of drug-likeness (QED) is 0.108. The summed E-state index contributed by atoms with van der Waals surface area (Å²) in [5.41, 5.74) is 0. The van der Waals surface area contributed by atoms with Gasteiger partial charge in [-0.15, -0.1) is 0 Å². The Bertz CT molecular complexity index is 1050. The van der Waals surface area contributed by atoms with Gasteiger partial charge in [-0.3, -0.25) is 38.9 Å². The molecule has 1 saturated carbocycles. The zero-order valence-corrected chi connectivity index (χ0v) is 26.2. The standard InChI is InChI=1S/C29H48N6O9/c1-5-8-34(17-26(39)40)28(42)22(11-18(2)3)33-25(38)16-35(9-10-44-4)29(43)23(12-19-6-7-19)32-24(37)15-31-27(41)21-13-20(36)14-30-21/h18-19,21-23,30H,5-17H2,1-4H3,(H,31,41)(H,32,37)(H,33,38)(H,39,40)/t21-,22-,23-/m0/s1. The molecule has 3 atom stereocenters. The highest BCUT2D eigenvalue weighted by atomic mass is 16.5. The average molecular weight is 625 g/mol. The van der Waals surface area contributed by atoms with Crippen molar-refractivity contribution in [3.05, 3.63) is 0 Å². The third-order valence-corrected chi connectivity index (χ3v) is 7.30. The number of amides is 5. The van der Waals surface area contributed by atoms with E-state index in [9.17, 15) is 38.7 Å². The van der Waals surface area contributed by atoms with Crippen LogP contribution in [0.15, 0.2) is 0 Å². The van der Waals surface area contributed by atoms with Crippen LogP contribution in [0.5, 0.6) is 0 Å². The second kappa shape index (κ2) is 18.3. The van der Waals surface area contributed by atoms with E-state index >= 15 is 0 Å². The Morgan fingerprint density at radius 1 is 0.977 bits per heavy atom. The molecule has 0 unspecified atom stereocenters. The molecule has 1 heterocycles. The van der Waals surface area contributed by atoms with E-state index in [0.717, 1.165) is 12.8 Å². The fourth-order valence-corrected chi connectivity index (χ4v) is 4.95. The van der Waals surface area contributed by atoms with Gasteiger partial charge in [0.2, 0.25) is 29.5 Å². The van der Waals surface area contributed by atoms with Crippen LogP contribution in [0.3, 0.4) is 0 Å². The highest BCUT2D eigenvalue weighted by Crippen LogP contribution is 2.33. The van der Waals surface area contributed by atoms with Crippen LogP contribution in [0.25, 0.3) is 0 Å². The maximum absolute atomic E-state index is 13.7. The lowest BCUT2D eigenvalue weighted by molar-refractivity contribution is -0.146. The summed E-state index contributed by atoms with van der Waals surface area (Å²) in [6, 6.07) is -2.64. The van der Waals surface area contributed by atoms with Crippen LogP contribution >= 0.6 is 0 Å². The molecule has 0 aromatic carbocycles. The molecule has 2 rings (SSSR count). The molecule has 248 valence electrons. The minimum atomic E-state index is -1.16. The van der Waals surface area contributed by atoms with Crippen molar-refractivity contribution in [1.82, 2.24) is 31.1 Å². The molecule has 0 aromatic heterocycles. The number of rotatable bonds is 20. The molecule has 2 fully saturated rings. The number of nitrogens with zero attached hydrogens (tertiary/aromatic N) is 2. The Kier molecular flexibility index (Phi) is 15.2. The lowest BCUT2D eigenvalue weighted by Crippen LogP contribution is -2.56. The lowest BCUT2D eigenvalue weighted by atomic mass is 10.0. The summed E-state index contributed by atoms with van der Waals surface area (Å²) < 4.78 is 5.14. The minimum absolute atomic E-state index is 0.00680. The topological polar surface area (TPSA) is 204 Å². The number of hydrogen-bond acceptors (Lipinski definition) is 9. The largest absolute Gasteiger partial charge is 0.480 e. The third kappa shape index (κ3) is 13.0. The Morgan fingerprint density at radius 2 is 1.61 bits per heavy atom. The number of nitrogens with one attached hydrogen (secondary N) is 4. The number of ketones is 1. The predicted molar refractivity (Wildman–Crippen MR) is 158 cm³/mol. The number of carboxylic acid groups (broad SMARTS) is 1. The van der Waals surface area contributed by atoms with E-state index in [1.165, 1.54) is 16.9 Å². The van der Waals surface area contributed by atoms with E-state index in [1.54, 1.807) is 0 Å². The highest BCUT2D eigenvalue weighted by molar-refractivity contribution is 5.96. The van der Waals surface area contributed by atoms with Gasteiger partial charge in [0.1, 0.15) is 24.4 Å². The lowest BCUT2D eigenvalue weighted by Gasteiger charge is -2.30. The van der Waals surface area contributed by atoms with Gasteiger partial charge in [-0.1, -0.05) is 33.6 Å². The molecule has 15 nitrogen and oxygen atoms in total. The molecule has 0 radical (unpaired) electrons. The molecule has 5 amide bonds. The molecular formula is C29H48N6O9. The Hall–Kier alpha value is -3.59. The Labute approximate surface area is 258 Å². The summed E-state index contributed by atoms with van der Waals surface area (Å²) in [7, 11) is 1.45. The van der Waals surface area contributed by atoms with Crippen molar-refractivity contribution in [2.45, 2.75) is 77.4 Å². The first-order valence-corrected chi connectivity index (χ1v) is 15.2. The van der Waals surface area contributed by atoms with Gasteiger partial charge in [0.15, 0.2) is 0 Å². The van der Waals surface area contributed by atoms with Gasteiger partial charge in [-0.25, -0.2) is 0 Å². The third-order valence-electron chi connectivity index (χ3n) is 7.30. The van der Waals surface area contributed by atoms with Gasteiger partial charge in [0.05, 0.1) is 32.3 Å². The zero-order chi connectivity index (χ0) is 32.8. The van der Waals surface area contributed by atoms with Gasteiger partial charge < -0.3 is 35.6 Å². The summed E-state index contributed by atoms with van der Waals surface area (Å²) in [4.78, 5) is 90.4. The fraction of sp³-hybridized carbons (Fsp3) is 0.759. The zero-order valence-electron chi connectivity index (χ0n) is 26.2. The number of ether oxygens (including phenoxy) is 1. The molecule has 15 heteroatoms. The van der Waals surface area contributed by atoms with E-state index in [2.05, 4.69) is 21.3 Å². The summed E-state index contributed by atoms with van der Waals surface area (Å²) in [6.07, 6.45) is 3.02. The van der Waals surface area contributed by atoms with Crippen LogP contribution in [0.1, 0.15) is 59.3 Å². The van der Waals surface area contributed by atoms with Crippen LogP contribution in [-0.2, 0) is 38.3 Å². The van der Waals surface area contributed by atoms with Crippen molar-refractivity contribution in [2.24, 2.45) is 11.8 Å². The molecule has 1 saturated heterocycles. The molecule has 44 heavy (non-hydrogen) atoms. The average Bonchev–Trinajstić information content (AvgIpc) is 3.67. The minimum Gasteiger partial charge on any atom is -0.480 e. The van der Waals surface area contributed by atoms with Gasteiger partial charge in [-0.05, 0) is 31.1 Å². The summed E-state index contributed by atoms with van der Waals surface area (Å²) in [5.74, 6) is -3.71. The van der Waals surface area contributed by atoms with Crippen LogP contribution in [0.2, 0.25) is 0 Å². The Balaban J connectivity index is 2.10. The smallest absolute Gasteiger partial charge is 0.323 e. The summed E-state index contributed by atoms with van der Waals surface area (Å²) in [6.45, 7) is 4.74. The first-order valence-electron chi connectivity index (χ1n) is 15.2. The second-order valence-corrected chi connectivity index (χ2v) is 11.8. The SMILES string of the molecule is CCCN(CC(=O)O)C(=O)[C@H](CC(C)C)NC(=O)CN(CCOC)C(=O)[C@H](CC1CC1)NC(=O)CNC(=O)[C@@H]1CC(=O)CN1. The van der Waals surface area contributed by atoms with Gasteiger partial charge >= 0.3 is 5.97 Å². The van der Waals surface area contributed by atoms with Gasteiger partial charge in [-0.2, -0.15) is 0 Å². The predicted octanol–water partition coefficient (Wildman–Crippen LogP) is -1.35. The van der Waals surface area contributed by atoms with Crippen LogP contribution < -0.4 is 21.3 Å². The number of aliphatic carboxylic acids is 1. The summed E-state index contributed by atoms with van der Waals surface area (Å²) in [5, 5.41) is 19.9. The van der Waals surface area contributed by atoms with E-state index in [4.69, 9.17) is 4.74 Å². The van der Waals surface area contributed by atoms with Crippen molar-refractivity contribution in [2.75, 3.05) is 53.0 Å². The molecular weight excluding hydrogens is 576 g/mol. The number of carbonyl (C=O) groups is 7. The molecule has 2 aliphatic rings. The second-order valence-electron chi connectivity index (χ2n) is 11.8. The monoisotopic (exact) mass is 624 g/mol. The number of hydrogen-bond donors (Lipinski definition) is 5. The van der Waals surface area contributed by atoms with E-state index in [1.807, 2.05) is 20.8 Å². The highest BCUT2D eigenvalue weighted by Gasteiger charge is 2.35. The Morgan fingerprint density at radius 3 is 2.16 bits per heavy atom. The number of carboxylic acids is 1. The molecule has 5 N–H and O–H groups in total. The van der Waals surface area contributed by atoms with Crippen LogP contribution in [-0.4, -0.2) is 127 Å². The maximum atomic E-state index is 13.7. The van der Waals surface area contributed by atoms with Crippen molar-refractivity contribution >= 4 is 41.3 Å². The van der Waals surface area contributed by atoms with E-state index in [0.29, 0.717) is 12.8 Å². The molecule has 1 aliphatic heterocycles.